The lowest BCUT2D eigenvalue weighted by atomic mass is 9.99. The Morgan fingerprint density at radius 2 is 1.52 bits per heavy atom. The molecule has 3 rings (SSSR count). The lowest BCUT2D eigenvalue weighted by molar-refractivity contribution is 0.149. The van der Waals surface area contributed by atoms with Gasteiger partial charge >= 0.3 is 5.69 Å². The van der Waals surface area contributed by atoms with E-state index in [4.69, 9.17) is 4.74 Å². The van der Waals surface area contributed by atoms with Gasteiger partial charge in [-0.3, -0.25) is 18.5 Å². The van der Waals surface area contributed by atoms with Crippen molar-refractivity contribution < 1.29 is 4.74 Å². The second kappa shape index (κ2) is 6.22. The zero-order chi connectivity index (χ0) is 16.6. The van der Waals surface area contributed by atoms with Gasteiger partial charge in [0.05, 0.1) is 0 Å². The average molecular weight is 320 g/mol. The maximum absolute atomic E-state index is 12.4. The van der Waals surface area contributed by atoms with Crippen LogP contribution in [0.4, 0.5) is 0 Å². The molecule has 1 fully saturated rings. The van der Waals surface area contributed by atoms with Crippen LogP contribution in [0.2, 0.25) is 0 Å². The van der Waals surface area contributed by atoms with Crippen molar-refractivity contribution in [1.29, 1.82) is 0 Å². The van der Waals surface area contributed by atoms with E-state index in [1.807, 2.05) is 0 Å². The number of ether oxygens (including phenoxy) is 1. The molecule has 2 aromatic rings. The molecule has 1 aliphatic rings. The van der Waals surface area contributed by atoms with E-state index in [1.165, 1.54) is 30.9 Å². The Labute approximate surface area is 134 Å². The fourth-order valence-corrected chi connectivity index (χ4v) is 3.29. The largest absolute Gasteiger partial charge is 0.461 e. The first kappa shape index (κ1) is 15.8. The second-order valence-electron chi connectivity index (χ2n) is 6.42. The molecule has 0 unspecified atom stereocenters. The van der Waals surface area contributed by atoms with Crippen LogP contribution in [0.5, 0.6) is 6.01 Å². The van der Waals surface area contributed by atoms with Crippen LogP contribution in [0.25, 0.3) is 11.2 Å². The van der Waals surface area contributed by atoms with E-state index in [0.717, 1.165) is 30.3 Å². The van der Waals surface area contributed by atoms with Crippen LogP contribution in [0.3, 0.4) is 0 Å². The Balaban J connectivity index is 2.00. The van der Waals surface area contributed by atoms with E-state index in [9.17, 15) is 9.59 Å². The van der Waals surface area contributed by atoms with Gasteiger partial charge in [-0.05, 0) is 25.7 Å². The third-order valence-corrected chi connectivity index (χ3v) is 4.76. The van der Waals surface area contributed by atoms with Gasteiger partial charge in [0.15, 0.2) is 11.2 Å². The highest BCUT2D eigenvalue weighted by Gasteiger charge is 2.21. The normalized spacial score (nSPS) is 17.2. The van der Waals surface area contributed by atoms with Crippen molar-refractivity contribution in [2.75, 3.05) is 0 Å². The van der Waals surface area contributed by atoms with Crippen molar-refractivity contribution in [3.8, 4) is 6.01 Å². The van der Waals surface area contributed by atoms with Crippen LogP contribution < -0.4 is 16.0 Å². The van der Waals surface area contributed by atoms with Gasteiger partial charge in [-0.15, -0.1) is 0 Å². The molecular weight excluding hydrogens is 296 g/mol. The molecule has 0 radical (unpaired) electrons. The van der Waals surface area contributed by atoms with E-state index in [0.29, 0.717) is 17.2 Å². The van der Waals surface area contributed by atoms with Crippen LogP contribution in [0.1, 0.15) is 44.9 Å². The predicted molar refractivity (Wildman–Crippen MR) is 87.9 cm³/mol. The highest BCUT2D eigenvalue weighted by Crippen LogP contribution is 2.23. The first-order valence-electron chi connectivity index (χ1n) is 8.30. The van der Waals surface area contributed by atoms with E-state index in [1.54, 1.807) is 18.7 Å². The molecule has 0 bridgehead atoms. The molecule has 126 valence electrons. The summed E-state index contributed by atoms with van der Waals surface area (Å²) >= 11 is 0. The van der Waals surface area contributed by atoms with Crippen molar-refractivity contribution in [2.45, 2.75) is 51.0 Å². The van der Waals surface area contributed by atoms with Crippen LogP contribution in [0.15, 0.2) is 9.59 Å². The molecule has 0 aromatic carbocycles. The lowest BCUT2D eigenvalue weighted by Gasteiger charge is -2.20. The van der Waals surface area contributed by atoms with Gasteiger partial charge in [0, 0.05) is 21.1 Å². The van der Waals surface area contributed by atoms with E-state index < -0.39 is 0 Å². The first-order valence-corrected chi connectivity index (χ1v) is 8.30. The number of aryl methyl sites for hydroxylation is 2. The molecule has 23 heavy (non-hydrogen) atoms. The van der Waals surface area contributed by atoms with Crippen molar-refractivity contribution in [3.63, 3.8) is 0 Å². The molecular formula is C16H24N4O3. The zero-order valence-electron chi connectivity index (χ0n) is 14.0. The van der Waals surface area contributed by atoms with Gasteiger partial charge in [0.2, 0.25) is 0 Å². The quantitative estimate of drug-likeness (QED) is 0.840. The number of imidazole rings is 1. The molecule has 1 aliphatic carbocycles. The maximum Gasteiger partial charge on any atom is 0.332 e. The summed E-state index contributed by atoms with van der Waals surface area (Å²) in [5.41, 5.74) is 0.0561. The summed E-state index contributed by atoms with van der Waals surface area (Å²) in [6.07, 6.45) is 8.28. The summed E-state index contributed by atoms with van der Waals surface area (Å²) in [4.78, 5) is 28.8. The van der Waals surface area contributed by atoms with Gasteiger partial charge in [-0.2, -0.15) is 4.98 Å². The molecule has 0 amide bonds. The minimum absolute atomic E-state index is 0.131. The van der Waals surface area contributed by atoms with Crippen LogP contribution in [-0.4, -0.2) is 24.8 Å². The van der Waals surface area contributed by atoms with Gasteiger partial charge in [-0.25, -0.2) is 4.79 Å². The summed E-state index contributed by atoms with van der Waals surface area (Å²) in [6.45, 7) is 0. The molecule has 0 spiro atoms. The standard InChI is InChI=1S/C16H24N4O3/c1-18-12-13(19(2)16(22)20(3)14(12)21)17-15(18)23-11-9-7-5-4-6-8-10-11/h11H,4-10H2,1-3H3. The number of hydrogen-bond donors (Lipinski definition) is 0. The average Bonchev–Trinajstić information content (AvgIpc) is 2.83. The van der Waals surface area contributed by atoms with Crippen LogP contribution in [0, 0.1) is 0 Å². The number of rotatable bonds is 2. The van der Waals surface area contributed by atoms with Crippen LogP contribution >= 0.6 is 0 Å². The van der Waals surface area contributed by atoms with Crippen molar-refractivity contribution in [3.05, 3.63) is 20.8 Å². The van der Waals surface area contributed by atoms with Gasteiger partial charge in [0.1, 0.15) is 6.10 Å². The van der Waals surface area contributed by atoms with Gasteiger partial charge < -0.3 is 4.74 Å². The summed E-state index contributed by atoms with van der Waals surface area (Å²) in [6, 6.07) is 0.420. The summed E-state index contributed by atoms with van der Waals surface area (Å²) in [5, 5.41) is 0. The first-order chi connectivity index (χ1) is 11.0. The smallest absolute Gasteiger partial charge is 0.332 e. The van der Waals surface area contributed by atoms with Crippen molar-refractivity contribution >= 4 is 11.2 Å². The highest BCUT2D eigenvalue weighted by atomic mass is 16.5. The molecule has 0 atom stereocenters. The Hall–Kier alpha value is -2.05. The summed E-state index contributed by atoms with van der Waals surface area (Å²) in [7, 11) is 4.86. The van der Waals surface area contributed by atoms with E-state index >= 15 is 0 Å². The highest BCUT2D eigenvalue weighted by molar-refractivity contribution is 5.71. The Morgan fingerprint density at radius 1 is 0.913 bits per heavy atom. The number of fused-ring (bicyclic) bond motifs is 1. The minimum atomic E-state index is -0.377. The van der Waals surface area contributed by atoms with Gasteiger partial charge in [-0.1, -0.05) is 19.3 Å². The fourth-order valence-electron chi connectivity index (χ4n) is 3.29. The molecule has 2 heterocycles. The monoisotopic (exact) mass is 320 g/mol. The summed E-state index contributed by atoms with van der Waals surface area (Å²) < 4.78 is 10.2. The summed E-state index contributed by atoms with van der Waals surface area (Å²) in [5.74, 6) is 0. The van der Waals surface area contributed by atoms with Crippen molar-refractivity contribution in [2.24, 2.45) is 21.1 Å². The number of aromatic nitrogens is 4. The topological polar surface area (TPSA) is 71.1 Å². The molecule has 0 saturated heterocycles. The molecule has 0 N–H and O–H groups in total. The predicted octanol–water partition coefficient (Wildman–Crippen LogP) is 1.46. The number of hydrogen-bond acceptors (Lipinski definition) is 4. The van der Waals surface area contributed by atoms with E-state index in [-0.39, 0.29) is 17.4 Å². The molecule has 1 saturated carbocycles. The molecule has 7 nitrogen and oxygen atoms in total. The zero-order valence-corrected chi connectivity index (χ0v) is 14.0. The second-order valence-corrected chi connectivity index (χ2v) is 6.42. The van der Waals surface area contributed by atoms with Crippen LogP contribution in [-0.2, 0) is 21.1 Å². The Morgan fingerprint density at radius 3 is 2.17 bits per heavy atom. The van der Waals surface area contributed by atoms with Gasteiger partial charge in [0.25, 0.3) is 11.6 Å². The van der Waals surface area contributed by atoms with E-state index in [2.05, 4.69) is 4.98 Å². The third kappa shape index (κ3) is 2.80. The molecule has 2 aromatic heterocycles. The Kier molecular flexibility index (Phi) is 4.28. The molecule has 7 heteroatoms. The Bertz CT molecular complexity index is 822. The number of nitrogens with zero attached hydrogens (tertiary/aromatic N) is 4. The third-order valence-electron chi connectivity index (χ3n) is 4.76. The lowest BCUT2D eigenvalue weighted by Crippen LogP contribution is -2.37. The maximum atomic E-state index is 12.4. The minimum Gasteiger partial charge on any atom is -0.461 e. The fraction of sp³-hybridized carbons (Fsp3) is 0.688. The van der Waals surface area contributed by atoms with Crippen molar-refractivity contribution in [1.82, 2.24) is 18.7 Å². The molecule has 0 aliphatic heterocycles. The SMILES string of the molecule is Cn1c(=O)c2c(nc(OC3CCCCCCC3)n2C)n(C)c1=O.